The van der Waals surface area contributed by atoms with E-state index in [1.807, 2.05) is 19.1 Å². The molecule has 3 aromatic heterocycles. The van der Waals surface area contributed by atoms with Crippen molar-refractivity contribution < 1.29 is 9.26 Å². The van der Waals surface area contributed by atoms with Crippen molar-refractivity contribution in [1.29, 1.82) is 0 Å². The highest BCUT2D eigenvalue weighted by atomic mass is 16.5. The zero-order valence-corrected chi connectivity index (χ0v) is 19.1. The molecule has 1 fully saturated rings. The summed E-state index contributed by atoms with van der Waals surface area (Å²) in [6.07, 6.45) is 3.50. The van der Waals surface area contributed by atoms with Gasteiger partial charge in [-0.1, -0.05) is 17.3 Å². The Balaban J connectivity index is 1.15. The molecule has 0 atom stereocenters. The van der Waals surface area contributed by atoms with Crippen LogP contribution in [0.1, 0.15) is 22.7 Å². The summed E-state index contributed by atoms with van der Waals surface area (Å²) in [5.41, 5.74) is 4.47. The van der Waals surface area contributed by atoms with Gasteiger partial charge >= 0.3 is 0 Å². The largest absolute Gasteiger partial charge is 0.378 e. The van der Waals surface area contributed by atoms with Crippen molar-refractivity contribution in [3.05, 3.63) is 71.4 Å². The van der Waals surface area contributed by atoms with Gasteiger partial charge in [0.15, 0.2) is 11.6 Å². The smallest absolute Gasteiger partial charge is 0.224 e. The van der Waals surface area contributed by atoms with Crippen LogP contribution >= 0.6 is 0 Å². The van der Waals surface area contributed by atoms with Crippen molar-refractivity contribution in [3.8, 4) is 0 Å². The molecule has 10 nitrogen and oxygen atoms in total. The monoisotopic (exact) mass is 460 g/mol. The summed E-state index contributed by atoms with van der Waals surface area (Å²) in [5.74, 6) is 2.59. The Morgan fingerprint density at radius 2 is 1.97 bits per heavy atom. The Bertz CT molecular complexity index is 1210. The standard InChI is InChI=1S/C24H28N8O2/c1-17-13-21(34-31-17)16-26-24-25-8-7-22(28-24)27-23-15-19(29-30-23)6-5-18-3-2-4-20(14-18)32-9-11-33-12-10-32/h2-4,7-8,13-15H,5-6,9-12,16H2,1H3,(H3,25,26,27,28,29,30). The van der Waals surface area contributed by atoms with Gasteiger partial charge in [0.05, 0.1) is 25.5 Å². The Morgan fingerprint density at radius 1 is 1.06 bits per heavy atom. The Morgan fingerprint density at radius 3 is 2.82 bits per heavy atom. The molecule has 5 rings (SSSR count). The minimum absolute atomic E-state index is 0.462. The maximum atomic E-state index is 5.46. The number of anilines is 4. The summed E-state index contributed by atoms with van der Waals surface area (Å²) in [4.78, 5) is 11.1. The van der Waals surface area contributed by atoms with Gasteiger partial charge in [-0.2, -0.15) is 10.1 Å². The first kappa shape index (κ1) is 21.9. The molecule has 1 aromatic carbocycles. The van der Waals surface area contributed by atoms with Crippen LogP contribution in [0, 0.1) is 6.92 Å². The fraction of sp³-hybridized carbons (Fsp3) is 0.333. The number of nitrogens with one attached hydrogen (secondary N) is 3. The molecule has 1 aliphatic heterocycles. The number of benzene rings is 1. The first-order valence-electron chi connectivity index (χ1n) is 11.4. The van der Waals surface area contributed by atoms with Crippen molar-refractivity contribution in [1.82, 2.24) is 25.3 Å². The molecule has 0 amide bonds. The van der Waals surface area contributed by atoms with Gasteiger partial charge in [0.2, 0.25) is 5.95 Å². The molecular weight excluding hydrogens is 432 g/mol. The van der Waals surface area contributed by atoms with Gasteiger partial charge in [0, 0.05) is 42.8 Å². The van der Waals surface area contributed by atoms with Crippen LogP contribution < -0.4 is 15.5 Å². The number of nitrogens with zero attached hydrogens (tertiary/aromatic N) is 5. The molecule has 0 unspecified atom stereocenters. The van der Waals surface area contributed by atoms with E-state index >= 15 is 0 Å². The quantitative estimate of drug-likeness (QED) is 0.345. The fourth-order valence-electron chi connectivity index (χ4n) is 3.87. The second-order valence-corrected chi connectivity index (χ2v) is 8.23. The topological polar surface area (TPSA) is 117 Å². The van der Waals surface area contributed by atoms with Crippen LogP contribution in [0.15, 0.2) is 53.2 Å². The van der Waals surface area contributed by atoms with Gasteiger partial charge in [-0.15, -0.1) is 0 Å². The van der Waals surface area contributed by atoms with Crippen LogP contribution in [0.4, 0.5) is 23.3 Å². The Hall–Kier alpha value is -3.92. The lowest BCUT2D eigenvalue weighted by Gasteiger charge is -2.29. The highest BCUT2D eigenvalue weighted by Crippen LogP contribution is 2.20. The number of rotatable bonds is 9. The molecular formula is C24H28N8O2. The molecule has 0 aliphatic carbocycles. The number of ether oxygens (including phenoxy) is 1. The minimum atomic E-state index is 0.462. The van der Waals surface area contributed by atoms with Crippen LogP contribution in [0.3, 0.4) is 0 Å². The van der Waals surface area contributed by atoms with Gasteiger partial charge in [0.25, 0.3) is 0 Å². The Kier molecular flexibility index (Phi) is 6.66. The summed E-state index contributed by atoms with van der Waals surface area (Å²) in [7, 11) is 0. The summed E-state index contributed by atoms with van der Waals surface area (Å²) in [5, 5.41) is 17.7. The molecule has 0 radical (unpaired) electrons. The number of aromatic amines is 1. The summed E-state index contributed by atoms with van der Waals surface area (Å²) in [6.45, 7) is 5.81. The first-order chi connectivity index (χ1) is 16.7. The number of hydrogen-bond acceptors (Lipinski definition) is 9. The molecule has 0 bridgehead atoms. The van der Waals surface area contributed by atoms with Crippen LogP contribution in [0.2, 0.25) is 0 Å². The van der Waals surface area contributed by atoms with E-state index in [1.165, 1.54) is 11.3 Å². The number of aryl methyl sites for hydroxylation is 3. The van der Waals surface area contributed by atoms with Gasteiger partial charge < -0.3 is 24.8 Å². The average molecular weight is 461 g/mol. The fourth-order valence-corrected chi connectivity index (χ4v) is 3.87. The SMILES string of the molecule is Cc1cc(CNc2nccc(Nc3cc(CCc4cccc(N5CCOCC5)c4)[nH]n3)n2)on1. The maximum Gasteiger partial charge on any atom is 0.224 e. The molecule has 1 aliphatic rings. The van der Waals surface area contributed by atoms with E-state index in [1.54, 1.807) is 12.3 Å². The molecule has 176 valence electrons. The minimum Gasteiger partial charge on any atom is -0.378 e. The van der Waals surface area contributed by atoms with E-state index < -0.39 is 0 Å². The number of hydrogen-bond donors (Lipinski definition) is 3. The zero-order chi connectivity index (χ0) is 23.2. The normalized spacial score (nSPS) is 13.7. The van der Waals surface area contributed by atoms with Crippen molar-refractivity contribution >= 4 is 23.3 Å². The van der Waals surface area contributed by atoms with Gasteiger partial charge in [-0.05, 0) is 43.5 Å². The lowest BCUT2D eigenvalue weighted by atomic mass is 10.1. The van der Waals surface area contributed by atoms with Crippen LogP contribution in [-0.4, -0.2) is 51.6 Å². The highest BCUT2D eigenvalue weighted by molar-refractivity contribution is 5.53. The first-order valence-corrected chi connectivity index (χ1v) is 11.4. The van der Waals surface area contributed by atoms with Crippen molar-refractivity contribution in [2.75, 3.05) is 41.8 Å². The molecule has 34 heavy (non-hydrogen) atoms. The van der Waals surface area contributed by atoms with Gasteiger partial charge in [-0.25, -0.2) is 4.98 Å². The molecule has 4 aromatic rings. The van der Waals surface area contributed by atoms with Crippen molar-refractivity contribution in [2.45, 2.75) is 26.3 Å². The predicted octanol–water partition coefficient (Wildman–Crippen LogP) is 3.47. The number of aromatic nitrogens is 5. The molecule has 3 N–H and O–H groups in total. The molecule has 0 spiro atoms. The van der Waals surface area contributed by atoms with Crippen molar-refractivity contribution in [3.63, 3.8) is 0 Å². The lowest BCUT2D eigenvalue weighted by Crippen LogP contribution is -2.36. The van der Waals surface area contributed by atoms with E-state index in [0.29, 0.717) is 24.1 Å². The van der Waals surface area contributed by atoms with E-state index in [2.05, 4.69) is 65.1 Å². The highest BCUT2D eigenvalue weighted by Gasteiger charge is 2.12. The zero-order valence-electron chi connectivity index (χ0n) is 19.1. The lowest BCUT2D eigenvalue weighted by molar-refractivity contribution is 0.122. The van der Waals surface area contributed by atoms with Crippen LogP contribution in [0.25, 0.3) is 0 Å². The second-order valence-electron chi connectivity index (χ2n) is 8.23. The van der Waals surface area contributed by atoms with Gasteiger partial charge in [-0.3, -0.25) is 5.10 Å². The summed E-state index contributed by atoms with van der Waals surface area (Å²) in [6, 6.07) is 14.4. The maximum absolute atomic E-state index is 5.46. The molecule has 10 heteroatoms. The third-order valence-corrected chi connectivity index (χ3v) is 5.61. The molecule has 4 heterocycles. The predicted molar refractivity (Wildman–Crippen MR) is 129 cm³/mol. The van der Waals surface area contributed by atoms with Crippen LogP contribution in [0.5, 0.6) is 0 Å². The van der Waals surface area contributed by atoms with E-state index in [0.717, 1.165) is 56.3 Å². The number of morpholine rings is 1. The summed E-state index contributed by atoms with van der Waals surface area (Å²) >= 11 is 0. The van der Waals surface area contributed by atoms with E-state index in [9.17, 15) is 0 Å². The Labute approximate surface area is 197 Å². The average Bonchev–Trinajstić information content (AvgIpc) is 3.51. The third kappa shape index (κ3) is 5.70. The van der Waals surface area contributed by atoms with E-state index in [4.69, 9.17) is 9.26 Å². The van der Waals surface area contributed by atoms with E-state index in [-0.39, 0.29) is 0 Å². The van der Waals surface area contributed by atoms with Gasteiger partial charge in [0.1, 0.15) is 5.82 Å². The summed E-state index contributed by atoms with van der Waals surface area (Å²) < 4.78 is 10.7. The molecule has 1 saturated heterocycles. The van der Waals surface area contributed by atoms with Crippen molar-refractivity contribution in [2.24, 2.45) is 0 Å². The molecule has 0 saturated carbocycles. The van der Waals surface area contributed by atoms with Crippen LogP contribution in [-0.2, 0) is 24.1 Å². The third-order valence-electron chi connectivity index (χ3n) is 5.61. The second kappa shape index (κ2) is 10.3. The number of H-pyrrole nitrogens is 1.